The second kappa shape index (κ2) is 10.0. The van der Waals surface area contributed by atoms with Gasteiger partial charge < -0.3 is 25.3 Å². The van der Waals surface area contributed by atoms with Gasteiger partial charge in [0.15, 0.2) is 5.78 Å². The normalized spacial score (nSPS) is 20.7. The van der Waals surface area contributed by atoms with Crippen LogP contribution in [0.15, 0.2) is 18.5 Å². The molecule has 0 aromatic carbocycles. The van der Waals surface area contributed by atoms with Crippen LogP contribution in [0, 0.1) is 5.41 Å². The largest absolute Gasteiger partial charge is 0.368 e. The van der Waals surface area contributed by atoms with Crippen molar-refractivity contribution >= 4 is 17.6 Å². The van der Waals surface area contributed by atoms with Gasteiger partial charge in [-0.25, -0.2) is 0 Å². The van der Waals surface area contributed by atoms with Crippen LogP contribution in [0.25, 0.3) is 0 Å². The Hall–Kier alpha value is -2.19. The van der Waals surface area contributed by atoms with Crippen molar-refractivity contribution in [2.24, 2.45) is 5.41 Å². The summed E-state index contributed by atoms with van der Waals surface area (Å²) >= 11 is 0. The van der Waals surface area contributed by atoms with Crippen molar-refractivity contribution in [3.63, 3.8) is 0 Å². The van der Waals surface area contributed by atoms with Crippen LogP contribution in [0.1, 0.15) is 50.4 Å². The molecule has 2 unspecified atom stereocenters. The number of ketones is 1. The van der Waals surface area contributed by atoms with Crippen molar-refractivity contribution in [3.8, 4) is 0 Å². The van der Waals surface area contributed by atoms with Gasteiger partial charge in [0.25, 0.3) is 5.91 Å². The highest BCUT2D eigenvalue weighted by Gasteiger charge is 2.39. The lowest BCUT2D eigenvalue weighted by molar-refractivity contribution is -0.128. The Bertz CT molecular complexity index is 700. The monoisotopic (exact) mass is 406 g/mol. The van der Waals surface area contributed by atoms with Crippen molar-refractivity contribution in [1.82, 2.24) is 20.5 Å². The van der Waals surface area contributed by atoms with Gasteiger partial charge in [-0.1, -0.05) is 27.2 Å². The van der Waals surface area contributed by atoms with Crippen LogP contribution in [-0.4, -0.2) is 72.9 Å². The molecule has 2 amide bonds. The Kier molecular flexibility index (Phi) is 7.98. The molecule has 1 aliphatic heterocycles. The van der Waals surface area contributed by atoms with Gasteiger partial charge in [-0.15, -0.1) is 0 Å². The predicted octanol–water partition coefficient (Wildman–Crippen LogP) is 1.34. The van der Waals surface area contributed by atoms with E-state index in [0.29, 0.717) is 18.4 Å². The van der Waals surface area contributed by atoms with E-state index in [1.165, 1.54) is 0 Å². The first-order chi connectivity index (χ1) is 13.6. The molecule has 29 heavy (non-hydrogen) atoms. The summed E-state index contributed by atoms with van der Waals surface area (Å²) in [6, 6.07) is 0.232. The van der Waals surface area contributed by atoms with E-state index in [-0.39, 0.29) is 35.7 Å². The summed E-state index contributed by atoms with van der Waals surface area (Å²) in [5, 5.41) is 5.68. The third-order valence-corrected chi connectivity index (χ3v) is 5.51. The third kappa shape index (κ3) is 6.68. The van der Waals surface area contributed by atoms with E-state index in [0.717, 1.165) is 13.0 Å². The van der Waals surface area contributed by atoms with E-state index < -0.39 is 12.1 Å². The Morgan fingerprint density at radius 2 is 2.10 bits per heavy atom. The van der Waals surface area contributed by atoms with E-state index in [9.17, 15) is 14.4 Å². The van der Waals surface area contributed by atoms with Gasteiger partial charge in [-0.3, -0.25) is 14.4 Å². The second-order valence-corrected chi connectivity index (χ2v) is 8.74. The van der Waals surface area contributed by atoms with E-state index in [4.69, 9.17) is 4.74 Å². The van der Waals surface area contributed by atoms with Crippen molar-refractivity contribution in [1.29, 1.82) is 0 Å². The SMILES string of the molecule is CCC(C)(C)C[C@H](NC(=O)c1cc[nH]c1)C(=O)NC1C(=O)COC1CCN(C)C. The standard InChI is InChI=1S/C21H34N4O4/c1-6-21(2,3)11-15(23-19(27)14-7-9-22-12-14)20(28)24-18-16(26)13-29-17(18)8-10-25(4)5/h7,9,12,15,17-18,22H,6,8,10-11,13H2,1-5H3,(H,23,27)(H,24,28)/t15-,17?,18?/m0/s1. The number of nitrogens with one attached hydrogen (secondary N) is 3. The highest BCUT2D eigenvalue weighted by Crippen LogP contribution is 2.27. The van der Waals surface area contributed by atoms with Crippen molar-refractivity contribution < 1.29 is 19.1 Å². The van der Waals surface area contributed by atoms with Crippen LogP contribution < -0.4 is 10.6 Å². The minimum absolute atomic E-state index is 0.00384. The first-order valence-electron chi connectivity index (χ1n) is 10.2. The molecule has 0 saturated carbocycles. The molecule has 162 valence electrons. The zero-order valence-electron chi connectivity index (χ0n) is 18.1. The molecule has 2 heterocycles. The number of H-pyrrole nitrogens is 1. The average Bonchev–Trinajstić information content (AvgIpc) is 3.30. The molecule has 3 N–H and O–H groups in total. The number of carbonyl (C=O) groups excluding carboxylic acids is 3. The van der Waals surface area contributed by atoms with E-state index >= 15 is 0 Å². The molecule has 1 saturated heterocycles. The maximum absolute atomic E-state index is 13.1. The van der Waals surface area contributed by atoms with Crippen molar-refractivity contribution in [3.05, 3.63) is 24.0 Å². The van der Waals surface area contributed by atoms with Crippen molar-refractivity contribution in [2.75, 3.05) is 27.2 Å². The van der Waals surface area contributed by atoms with Crippen LogP contribution in [0.5, 0.6) is 0 Å². The summed E-state index contributed by atoms with van der Waals surface area (Å²) in [5.74, 6) is -0.807. The second-order valence-electron chi connectivity index (χ2n) is 8.74. The summed E-state index contributed by atoms with van der Waals surface area (Å²) in [4.78, 5) is 42.7. The van der Waals surface area contributed by atoms with E-state index in [2.05, 4.69) is 36.4 Å². The minimum atomic E-state index is -0.741. The molecule has 1 fully saturated rings. The van der Waals surface area contributed by atoms with Gasteiger partial charge in [0.1, 0.15) is 18.7 Å². The highest BCUT2D eigenvalue weighted by molar-refractivity contribution is 5.98. The van der Waals surface area contributed by atoms with E-state index in [1.807, 2.05) is 19.0 Å². The summed E-state index contributed by atoms with van der Waals surface area (Å²) in [7, 11) is 3.90. The Labute approximate surface area is 172 Å². The van der Waals surface area contributed by atoms with Crippen LogP contribution in [0.2, 0.25) is 0 Å². The molecule has 0 radical (unpaired) electrons. The maximum Gasteiger partial charge on any atom is 0.253 e. The molecular formula is C21H34N4O4. The van der Waals surface area contributed by atoms with Crippen molar-refractivity contribution in [2.45, 2.75) is 58.2 Å². The van der Waals surface area contributed by atoms with Gasteiger partial charge in [0.05, 0.1) is 11.7 Å². The first-order valence-corrected chi connectivity index (χ1v) is 10.2. The fraction of sp³-hybridized carbons (Fsp3) is 0.667. The van der Waals surface area contributed by atoms with Gasteiger partial charge in [0, 0.05) is 18.9 Å². The first kappa shape index (κ1) is 23.1. The molecule has 1 aromatic heterocycles. The molecule has 0 bridgehead atoms. The van der Waals surface area contributed by atoms with Gasteiger partial charge in [-0.05, 0) is 38.4 Å². The molecule has 0 aliphatic carbocycles. The predicted molar refractivity (Wildman–Crippen MR) is 111 cm³/mol. The number of hydrogen-bond donors (Lipinski definition) is 3. The Morgan fingerprint density at radius 3 is 2.69 bits per heavy atom. The lowest BCUT2D eigenvalue weighted by Gasteiger charge is -2.30. The Balaban J connectivity index is 2.10. The van der Waals surface area contributed by atoms with Gasteiger partial charge >= 0.3 is 0 Å². The number of carbonyl (C=O) groups is 3. The maximum atomic E-state index is 13.1. The van der Waals surface area contributed by atoms with Crippen LogP contribution >= 0.6 is 0 Å². The van der Waals surface area contributed by atoms with E-state index in [1.54, 1.807) is 18.5 Å². The minimum Gasteiger partial charge on any atom is -0.368 e. The van der Waals surface area contributed by atoms with Gasteiger partial charge in [0.2, 0.25) is 5.91 Å². The molecule has 8 heteroatoms. The van der Waals surface area contributed by atoms with Crippen LogP contribution in [-0.2, 0) is 14.3 Å². The average molecular weight is 407 g/mol. The summed E-state index contributed by atoms with van der Waals surface area (Å²) in [6.07, 6.45) is 4.85. The number of nitrogens with zero attached hydrogens (tertiary/aromatic N) is 1. The number of aromatic nitrogens is 1. The van der Waals surface area contributed by atoms with Gasteiger partial charge in [-0.2, -0.15) is 0 Å². The summed E-state index contributed by atoms with van der Waals surface area (Å²) < 4.78 is 5.59. The molecule has 1 aliphatic rings. The molecular weight excluding hydrogens is 372 g/mol. The quantitative estimate of drug-likeness (QED) is 0.544. The topological polar surface area (TPSA) is 104 Å². The summed E-state index contributed by atoms with van der Waals surface area (Å²) in [6.45, 7) is 6.91. The number of amides is 2. The fourth-order valence-corrected chi connectivity index (χ4v) is 3.26. The number of aromatic amines is 1. The number of ether oxygens (including phenoxy) is 1. The molecule has 3 atom stereocenters. The zero-order valence-corrected chi connectivity index (χ0v) is 18.1. The highest BCUT2D eigenvalue weighted by atomic mass is 16.5. The third-order valence-electron chi connectivity index (χ3n) is 5.51. The smallest absolute Gasteiger partial charge is 0.253 e. The van der Waals surface area contributed by atoms with Crippen LogP contribution in [0.3, 0.4) is 0 Å². The number of hydrogen-bond acceptors (Lipinski definition) is 5. The number of Topliss-reactive ketones (excluding diaryl/α,β-unsaturated/α-hetero) is 1. The Morgan fingerprint density at radius 1 is 1.38 bits per heavy atom. The summed E-state index contributed by atoms with van der Waals surface area (Å²) in [5.41, 5.74) is 0.315. The lowest BCUT2D eigenvalue weighted by Crippen LogP contribution is -2.54. The lowest BCUT2D eigenvalue weighted by atomic mass is 9.83. The molecule has 0 spiro atoms. The fourth-order valence-electron chi connectivity index (χ4n) is 3.26. The zero-order chi connectivity index (χ0) is 21.6. The molecule has 8 nitrogen and oxygen atoms in total. The van der Waals surface area contributed by atoms with Crippen LogP contribution in [0.4, 0.5) is 0 Å². The molecule has 1 aromatic rings. The number of rotatable bonds is 10. The molecule has 2 rings (SSSR count).